The standard InChI is InChI=1S/C28H38N4S2/c1-23-28(34-22-30-23)25-11-12-26(21-29)24(20-25)8-7-14-32-17-15-31(16-18-32)13-5-6-19-33-27-9-3-2-4-10-27/h2-4,9-12,20,22H,5-8,13-19,21,29H2,1H3. The van der Waals surface area contributed by atoms with Gasteiger partial charge in [0.2, 0.25) is 0 Å². The van der Waals surface area contributed by atoms with Crippen LogP contribution < -0.4 is 5.73 Å². The molecule has 0 bridgehead atoms. The largest absolute Gasteiger partial charge is 0.326 e. The third-order valence-corrected chi connectivity index (χ3v) is 8.78. The molecule has 2 aromatic carbocycles. The minimum Gasteiger partial charge on any atom is -0.326 e. The van der Waals surface area contributed by atoms with E-state index in [0.29, 0.717) is 6.54 Å². The third-order valence-electron chi connectivity index (χ3n) is 6.70. The molecule has 0 radical (unpaired) electrons. The summed E-state index contributed by atoms with van der Waals surface area (Å²) in [5.41, 5.74) is 13.1. The van der Waals surface area contributed by atoms with Gasteiger partial charge in [0.15, 0.2) is 0 Å². The predicted octanol–water partition coefficient (Wildman–Crippen LogP) is 5.70. The number of aromatic nitrogens is 1. The molecule has 182 valence electrons. The van der Waals surface area contributed by atoms with Gasteiger partial charge in [0.05, 0.1) is 16.1 Å². The van der Waals surface area contributed by atoms with Crippen molar-refractivity contribution in [2.75, 3.05) is 45.0 Å². The van der Waals surface area contributed by atoms with E-state index in [1.807, 2.05) is 17.3 Å². The molecule has 0 unspecified atom stereocenters. The zero-order chi connectivity index (χ0) is 23.6. The smallest absolute Gasteiger partial charge is 0.0801 e. The second-order valence-electron chi connectivity index (χ2n) is 9.11. The summed E-state index contributed by atoms with van der Waals surface area (Å²) in [5, 5.41) is 0. The van der Waals surface area contributed by atoms with Gasteiger partial charge in [-0.1, -0.05) is 30.3 Å². The van der Waals surface area contributed by atoms with Gasteiger partial charge in [-0.2, -0.15) is 0 Å². The minimum atomic E-state index is 0.611. The fourth-order valence-corrected chi connectivity index (χ4v) is 6.39. The molecule has 1 fully saturated rings. The topological polar surface area (TPSA) is 45.4 Å². The lowest BCUT2D eigenvalue weighted by molar-refractivity contribution is 0.130. The van der Waals surface area contributed by atoms with Gasteiger partial charge in [-0.25, -0.2) is 4.98 Å². The van der Waals surface area contributed by atoms with Crippen molar-refractivity contribution in [3.05, 3.63) is 70.9 Å². The summed E-state index contributed by atoms with van der Waals surface area (Å²) in [6.45, 7) is 9.93. The normalized spacial score (nSPS) is 15.1. The van der Waals surface area contributed by atoms with Gasteiger partial charge in [-0.3, -0.25) is 0 Å². The molecule has 1 aliphatic heterocycles. The molecule has 0 atom stereocenters. The number of benzene rings is 2. The zero-order valence-corrected chi connectivity index (χ0v) is 22.0. The van der Waals surface area contributed by atoms with Gasteiger partial charge in [-0.15, -0.1) is 23.1 Å². The lowest BCUT2D eigenvalue weighted by Gasteiger charge is -2.34. The molecule has 4 rings (SSSR count). The quantitative estimate of drug-likeness (QED) is 0.258. The summed E-state index contributed by atoms with van der Waals surface area (Å²) in [6, 6.07) is 17.5. The second-order valence-corrected chi connectivity index (χ2v) is 11.1. The van der Waals surface area contributed by atoms with Crippen molar-refractivity contribution in [2.24, 2.45) is 5.73 Å². The molecule has 1 saturated heterocycles. The maximum Gasteiger partial charge on any atom is 0.0801 e. The Bertz CT molecular complexity index is 997. The van der Waals surface area contributed by atoms with Gasteiger partial charge in [0, 0.05) is 37.6 Å². The Balaban J connectivity index is 1.14. The van der Waals surface area contributed by atoms with Crippen molar-refractivity contribution in [3.63, 3.8) is 0 Å². The predicted molar refractivity (Wildman–Crippen MR) is 148 cm³/mol. The SMILES string of the molecule is Cc1ncsc1-c1ccc(CN)c(CCCN2CCN(CCCCSc3ccccc3)CC2)c1. The highest BCUT2D eigenvalue weighted by Crippen LogP contribution is 2.29. The number of thioether (sulfide) groups is 1. The van der Waals surface area contributed by atoms with E-state index in [-0.39, 0.29) is 0 Å². The molecule has 1 aromatic heterocycles. The minimum absolute atomic E-state index is 0.611. The van der Waals surface area contributed by atoms with E-state index in [1.54, 1.807) is 11.3 Å². The number of piperazine rings is 1. The number of unbranched alkanes of at least 4 members (excludes halogenated alkanes) is 1. The summed E-state index contributed by atoms with van der Waals surface area (Å²) in [4.78, 5) is 12.4. The number of hydrogen-bond acceptors (Lipinski definition) is 6. The molecule has 0 spiro atoms. The first-order valence-electron chi connectivity index (χ1n) is 12.6. The summed E-state index contributed by atoms with van der Waals surface area (Å²) in [7, 11) is 0. The van der Waals surface area contributed by atoms with Gasteiger partial charge in [0.1, 0.15) is 0 Å². The molecular weight excluding hydrogens is 456 g/mol. The first kappa shape index (κ1) is 25.4. The molecule has 6 heteroatoms. The Morgan fingerprint density at radius 2 is 1.65 bits per heavy atom. The number of rotatable bonds is 12. The molecule has 2 N–H and O–H groups in total. The van der Waals surface area contributed by atoms with E-state index in [1.165, 1.54) is 90.7 Å². The van der Waals surface area contributed by atoms with Crippen LogP contribution in [-0.4, -0.2) is 59.8 Å². The van der Waals surface area contributed by atoms with Crippen LogP contribution in [0, 0.1) is 6.92 Å². The van der Waals surface area contributed by atoms with Crippen LogP contribution in [0.3, 0.4) is 0 Å². The van der Waals surface area contributed by atoms with E-state index < -0.39 is 0 Å². The van der Waals surface area contributed by atoms with Crippen LogP contribution >= 0.6 is 23.1 Å². The Hall–Kier alpha value is -1.70. The molecule has 1 aliphatic rings. The van der Waals surface area contributed by atoms with E-state index in [0.717, 1.165) is 12.1 Å². The van der Waals surface area contributed by atoms with Crippen LogP contribution in [0.1, 0.15) is 36.1 Å². The van der Waals surface area contributed by atoms with Crippen LogP contribution in [0.2, 0.25) is 0 Å². The molecule has 0 saturated carbocycles. The Morgan fingerprint density at radius 1 is 0.912 bits per heavy atom. The fourth-order valence-electron chi connectivity index (χ4n) is 4.65. The molecule has 4 nitrogen and oxygen atoms in total. The number of nitrogens with two attached hydrogens (primary N) is 1. The third kappa shape index (κ3) is 7.40. The van der Waals surface area contributed by atoms with E-state index >= 15 is 0 Å². The molecule has 3 aromatic rings. The highest BCUT2D eigenvalue weighted by atomic mass is 32.2. The van der Waals surface area contributed by atoms with Crippen LogP contribution in [0.4, 0.5) is 0 Å². The molecule has 2 heterocycles. The maximum absolute atomic E-state index is 6.04. The maximum atomic E-state index is 6.04. The van der Waals surface area contributed by atoms with Crippen molar-refractivity contribution in [2.45, 2.75) is 44.0 Å². The number of hydrogen-bond donors (Lipinski definition) is 1. The zero-order valence-electron chi connectivity index (χ0n) is 20.4. The van der Waals surface area contributed by atoms with Gasteiger partial charge < -0.3 is 15.5 Å². The molecule has 0 amide bonds. The average molecular weight is 495 g/mol. The first-order chi connectivity index (χ1) is 16.7. The summed E-state index contributed by atoms with van der Waals surface area (Å²) in [5.74, 6) is 1.22. The summed E-state index contributed by atoms with van der Waals surface area (Å²) in [6.07, 6.45) is 4.88. The number of thiazole rings is 1. The van der Waals surface area contributed by atoms with Gasteiger partial charge in [0.25, 0.3) is 0 Å². The first-order valence-corrected chi connectivity index (χ1v) is 14.4. The van der Waals surface area contributed by atoms with Crippen molar-refractivity contribution < 1.29 is 0 Å². The lowest BCUT2D eigenvalue weighted by Crippen LogP contribution is -2.46. The molecule has 0 aliphatic carbocycles. The Kier molecular flexibility index (Phi) is 10.0. The average Bonchev–Trinajstić information content (AvgIpc) is 3.31. The number of aryl methyl sites for hydroxylation is 2. The number of nitrogens with zero attached hydrogens (tertiary/aromatic N) is 3. The Morgan fingerprint density at radius 3 is 2.32 bits per heavy atom. The van der Waals surface area contributed by atoms with Crippen LogP contribution in [0.25, 0.3) is 10.4 Å². The molecular formula is C28H38N4S2. The highest BCUT2D eigenvalue weighted by molar-refractivity contribution is 7.99. The van der Waals surface area contributed by atoms with E-state index in [9.17, 15) is 0 Å². The van der Waals surface area contributed by atoms with Crippen molar-refractivity contribution >= 4 is 23.1 Å². The Labute approximate surface area is 213 Å². The lowest BCUT2D eigenvalue weighted by atomic mass is 9.98. The van der Waals surface area contributed by atoms with Gasteiger partial charge in [-0.05, 0) is 86.3 Å². The van der Waals surface area contributed by atoms with Crippen molar-refractivity contribution in [3.8, 4) is 10.4 Å². The van der Waals surface area contributed by atoms with Crippen molar-refractivity contribution in [1.29, 1.82) is 0 Å². The molecule has 34 heavy (non-hydrogen) atoms. The summed E-state index contributed by atoms with van der Waals surface area (Å²) >= 11 is 3.70. The monoisotopic (exact) mass is 494 g/mol. The van der Waals surface area contributed by atoms with E-state index in [4.69, 9.17) is 5.73 Å². The highest BCUT2D eigenvalue weighted by Gasteiger charge is 2.16. The van der Waals surface area contributed by atoms with E-state index in [2.05, 4.69) is 70.2 Å². The van der Waals surface area contributed by atoms with Crippen LogP contribution in [0.5, 0.6) is 0 Å². The summed E-state index contributed by atoms with van der Waals surface area (Å²) < 4.78 is 0. The van der Waals surface area contributed by atoms with Crippen molar-refractivity contribution in [1.82, 2.24) is 14.8 Å². The van der Waals surface area contributed by atoms with Crippen LogP contribution in [-0.2, 0) is 13.0 Å². The fraction of sp³-hybridized carbons (Fsp3) is 0.464. The second kappa shape index (κ2) is 13.4. The van der Waals surface area contributed by atoms with Crippen LogP contribution in [0.15, 0.2) is 58.9 Å². The van der Waals surface area contributed by atoms with Gasteiger partial charge >= 0.3 is 0 Å².